The molecular formula is C25H19N3O4. The molecule has 0 fully saturated rings. The lowest BCUT2D eigenvalue weighted by molar-refractivity contribution is 0.0696. The second-order valence-corrected chi connectivity index (χ2v) is 7.40. The summed E-state index contributed by atoms with van der Waals surface area (Å²) in [5, 5.41) is 16.6. The van der Waals surface area contributed by atoms with Gasteiger partial charge in [-0.1, -0.05) is 48.5 Å². The molecule has 2 N–H and O–H groups in total. The number of aromatic amines is 1. The van der Waals surface area contributed by atoms with Gasteiger partial charge in [-0.15, -0.1) is 0 Å². The number of hydrogen-bond donors (Lipinski definition) is 2. The van der Waals surface area contributed by atoms with Crippen LogP contribution in [0.4, 0.5) is 5.69 Å². The first-order valence-electron chi connectivity index (χ1n) is 10.0. The summed E-state index contributed by atoms with van der Waals surface area (Å²) < 4.78 is 5.62. The van der Waals surface area contributed by atoms with Crippen molar-refractivity contribution in [2.24, 2.45) is 0 Å². The number of rotatable bonds is 5. The molecule has 4 aromatic rings. The van der Waals surface area contributed by atoms with Crippen molar-refractivity contribution >= 4 is 17.6 Å². The number of aromatic nitrogens is 2. The molecule has 1 aromatic heterocycles. The molecular weight excluding hydrogens is 406 g/mol. The van der Waals surface area contributed by atoms with Crippen LogP contribution in [-0.2, 0) is 0 Å². The molecule has 0 bridgehead atoms. The van der Waals surface area contributed by atoms with Gasteiger partial charge in [0.05, 0.1) is 24.4 Å². The number of H-pyrrole nitrogens is 1. The fourth-order valence-electron chi connectivity index (χ4n) is 4.18. The van der Waals surface area contributed by atoms with Gasteiger partial charge < -0.3 is 9.84 Å². The van der Waals surface area contributed by atoms with E-state index in [9.17, 15) is 14.7 Å². The number of methoxy groups -OCH3 is 1. The largest absolute Gasteiger partial charge is 0.496 e. The molecule has 7 heteroatoms. The van der Waals surface area contributed by atoms with Crippen LogP contribution < -0.4 is 9.64 Å². The third kappa shape index (κ3) is 3.02. The Labute approximate surface area is 183 Å². The van der Waals surface area contributed by atoms with Gasteiger partial charge in [-0.2, -0.15) is 5.10 Å². The van der Waals surface area contributed by atoms with Crippen molar-refractivity contribution in [3.8, 4) is 17.0 Å². The molecule has 1 aliphatic rings. The summed E-state index contributed by atoms with van der Waals surface area (Å²) in [6.07, 6.45) is 0. The number of amides is 1. The van der Waals surface area contributed by atoms with Crippen molar-refractivity contribution in [1.29, 1.82) is 0 Å². The predicted octanol–water partition coefficient (Wildman–Crippen LogP) is 4.53. The Morgan fingerprint density at radius 2 is 1.69 bits per heavy atom. The Kier molecular flexibility index (Phi) is 4.71. The van der Waals surface area contributed by atoms with Crippen LogP contribution in [0, 0.1) is 0 Å². The molecule has 1 unspecified atom stereocenters. The minimum absolute atomic E-state index is 0.152. The normalized spacial score (nSPS) is 15.0. The average molecular weight is 425 g/mol. The highest BCUT2D eigenvalue weighted by atomic mass is 16.5. The second kappa shape index (κ2) is 7.70. The number of carboxylic acid groups (broad SMARTS) is 1. The molecule has 0 radical (unpaired) electrons. The molecule has 1 amide bonds. The maximum atomic E-state index is 13.5. The highest BCUT2D eigenvalue weighted by molar-refractivity contribution is 6.12. The Morgan fingerprint density at radius 3 is 2.38 bits per heavy atom. The molecule has 32 heavy (non-hydrogen) atoms. The van der Waals surface area contributed by atoms with Crippen molar-refractivity contribution in [3.63, 3.8) is 0 Å². The summed E-state index contributed by atoms with van der Waals surface area (Å²) >= 11 is 0. The summed E-state index contributed by atoms with van der Waals surface area (Å²) in [6, 6.07) is 23.0. The van der Waals surface area contributed by atoms with Gasteiger partial charge in [0.15, 0.2) is 0 Å². The quantitative estimate of drug-likeness (QED) is 0.490. The molecule has 3 aromatic carbocycles. The number of hydrogen-bond acceptors (Lipinski definition) is 4. The number of anilines is 1. The van der Waals surface area contributed by atoms with Gasteiger partial charge in [0, 0.05) is 22.4 Å². The molecule has 7 nitrogen and oxygen atoms in total. The average Bonchev–Trinajstić information content (AvgIpc) is 3.38. The van der Waals surface area contributed by atoms with Crippen LogP contribution in [0.15, 0.2) is 78.9 Å². The maximum Gasteiger partial charge on any atom is 0.335 e. The van der Waals surface area contributed by atoms with Crippen molar-refractivity contribution in [1.82, 2.24) is 10.2 Å². The number of para-hydroxylation sites is 1. The van der Waals surface area contributed by atoms with E-state index in [2.05, 4.69) is 10.2 Å². The number of nitrogens with zero attached hydrogens (tertiary/aromatic N) is 2. The van der Waals surface area contributed by atoms with E-state index in [1.807, 2.05) is 54.6 Å². The summed E-state index contributed by atoms with van der Waals surface area (Å²) in [7, 11) is 1.59. The number of aromatic carboxylic acids is 1. The van der Waals surface area contributed by atoms with Gasteiger partial charge in [-0.05, 0) is 30.3 Å². The Morgan fingerprint density at radius 1 is 1.00 bits per heavy atom. The zero-order chi connectivity index (χ0) is 22.2. The van der Waals surface area contributed by atoms with Crippen LogP contribution in [0.3, 0.4) is 0 Å². The number of carbonyl (C=O) groups excluding carboxylic acids is 1. The van der Waals surface area contributed by atoms with E-state index < -0.39 is 12.0 Å². The zero-order valence-electron chi connectivity index (χ0n) is 17.1. The topological polar surface area (TPSA) is 95.5 Å². The fraction of sp³-hybridized carbons (Fsp3) is 0.0800. The number of carboxylic acids is 1. The standard InChI is InChI=1S/C25H19N3O4/c1-32-19-10-6-5-9-18(19)23-20-21(15-7-3-2-4-8-15)26-27-22(20)24(29)28(23)17-13-11-16(12-14-17)25(30)31/h2-14,23H,1H3,(H,26,27)(H,30,31). The molecule has 2 heterocycles. The van der Waals surface area contributed by atoms with Crippen LogP contribution >= 0.6 is 0 Å². The van der Waals surface area contributed by atoms with Gasteiger partial charge in [0.2, 0.25) is 0 Å². The van der Waals surface area contributed by atoms with Crippen LogP contribution in [0.25, 0.3) is 11.3 Å². The molecule has 5 rings (SSSR count). The number of ether oxygens (including phenoxy) is 1. The SMILES string of the molecule is COc1ccccc1C1c2c(-c3ccccc3)n[nH]c2C(=O)N1c1ccc(C(=O)O)cc1. The maximum absolute atomic E-state index is 13.5. The van der Waals surface area contributed by atoms with Gasteiger partial charge in [0.25, 0.3) is 5.91 Å². The van der Waals surface area contributed by atoms with E-state index in [4.69, 9.17) is 4.74 Å². The van der Waals surface area contributed by atoms with E-state index in [0.29, 0.717) is 22.8 Å². The van der Waals surface area contributed by atoms with Gasteiger partial charge in [-0.3, -0.25) is 14.8 Å². The van der Waals surface area contributed by atoms with Crippen LogP contribution in [0.2, 0.25) is 0 Å². The Bertz CT molecular complexity index is 1310. The van der Waals surface area contributed by atoms with E-state index in [-0.39, 0.29) is 11.5 Å². The number of carbonyl (C=O) groups is 2. The predicted molar refractivity (Wildman–Crippen MR) is 119 cm³/mol. The third-order valence-electron chi connectivity index (χ3n) is 5.64. The molecule has 0 aliphatic carbocycles. The first-order chi connectivity index (χ1) is 15.6. The van der Waals surface area contributed by atoms with E-state index in [1.54, 1.807) is 24.1 Å². The zero-order valence-corrected chi connectivity index (χ0v) is 17.1. The van der Waals surface area contributed by atoms with E-state index >= 15 is 0 Å². The second-order valence-electron chi connectivity index (χ2n) is 7.40. The lowest BCUT2D eigenvalue weighted by Gasteiger charge is -2.27. The molecule has 0 spiro atoms. The van der Waals surface area contributed by atoms with Gasteiger partial charge >= 0.3 is 5.97 Å². The fourth-order valence-corrected chi connectivity index (χ4v) is 4.18. The Hall–Kier alpha value is -4.39. The smallest absolute Gasteiger partial charge is 0.335 e. The van der Waals surface area contributed by atoms with E-state index in [1.165, 1.54) is 12.1 Å². The number of benzene rings is 3. The first-order valence-corrected chi connectivity index (χ1v) is 10.0. The molecule has 0 saturated heterocycles. The molecule has 1 atom stereocenters. The minimum Gasteiger partial charge on any atom is -0.496 e. The number of fused-ring (bicyclic) bond motifs is 1. The van der Waals surface area contributed by atoms with Crippen LogP contribution in [0.1, 0.15) is 38.0 Å². The molecule has 1 aliphatic heterocycles. The van der Waals surface area contributed by atoms with E-state index in [0.717, 1.165) is 16.7 Å². The summed E-state index contributed by atoms with van der Waals surface area (Å²) in [6.45, 7) is 0. The summed E-state index contributed by atoms with van der Waals surface area (Å²) in [5.41, 5.74) is 4.28. The highest BCUT2D eigenvalue weighted by Crippen LogP contribution is 2.47. The molecule has 0 saturated carbocycles. The van der Waals surface area contributed by atoms with Crippen molar-refractivity contribution in [2.45, 2.75) is 6.04 Å². The van der Waals surface area contributed by atoms with Crippen molar-refractivity contribution in [3.05, 3.63) is 101 Å². The van der Waals surface area contributed by atoms with Crippen LogP contribution in [0.5, 0.6) is 5.75 Å². The van der Waals surface area contributed by atoms with Crippen molar-refractivity contribution < 1.29 is 19.4 Å². The lowest BCUT2D eigenvalue weighted by Crippen LogP contribution is -2.29. The highest BCUT2D eigenvalue weighted by Gasteiger charge is 2.44. The van der Waals surface area contributed by atoms with Gasteiger partial charge in [0.1, 0.15) is 11.4 Å². The van der Waals surface area contributed by atoms with Gasteiger partial charge in [-0.25, -0.2) is 4.79 Å². The third-order valence-corrected chi connectivity index (χ3v) is 5.64. The van der Waals surface area contributed by atoms with Crippen molar-refractivity contribution in [2.75, 3.05) is 12.0 Å². The summed E-state index contributed by atoms with van der Waals surface area (Å²) in [4.78, 5) is 26.5. The molecule has 158 valence electrons. The lowest BCUT2D eigenvalue weighted by atomic mass is 9.95. The Balaban J connectivity index is 1.72. The summed E-state index contributed by atoms with van der Waals surface area (Å²) in [5.74, 6) is -0.620. The monoisotopic (exact) mass is 425 g/mol. The van der Waals surface area contributed by atoms with Crippen LogP contribution in [-0.4, -0.2) is 34.3 Å². The number of nitrogens with one attached hydrogen (secondary N) is 1. The first kappa shape index (κ1) is 19.6. The minimum atomic E-state index is -1.02.